The second-order valence-electron chi connectivity index (χ2n) is 6.34. The second kappa shape index (κ2) is 7.00. The first-order chi connectivity index (χ1) is 11.4. The number of likely N-dealkylation sites (tertiary alicyclic amines) is 1. The van der Waals surface area contributed by atoms with E-state index in [-0.39, 0.29) is 19.1 Å². The van der Waals surface area contributed by atoms with Gasteiger partial charge < -0.3 is 15.0 Å². The molecule has 2 saturated heterocycles. The molecule has 3 heterocycles. The monoisotopic (exact) mass is 346 g/mol. The highest BCUT2D eigenvalue weighted by molar-refractivity contribution is 5.89. The Labute approximate surface area is 137 Å². The molecule has 1 aromatic heterocycles. The van der Waals surface area contributed by atoms with E-state index in [0.717, 1.165) is 19.4 Å². The van der Waals surface area contributed by atoms with Crippen molar-refractivity contribution in [1.82, 2.24) is 14.7 Å². The number of carbonyl (C=O) groups is 1. The summed E-state index contributed by atoms with van der Waals surface area (Å²) in [5.41, 5.74) is 0.479. The summed E-state index contributed by atoms with van der Waals surface area (Å²) in [5, 5.41) is 6.78. The van der Waals surface area contributed by atoms with Gasteiger partial charge in [0.1, 0.15) is 0 Å². The average molecular weight is 346 g/mol. The van der Waals surface area contributed by atoms with Gasteiger partial charge in [0.15, 0.2) is 0 Å². The summed E-state index contributed by atoms with van der Waals surface area (Å²) in [6.45, 7) is 1.41. The quantitative estimate of drug-likeness (QED) is 0.916. The maximum Gasteiger partial charge on any atom is 0.393 e. The van der Waals surface area contributed by atoms with Crippen molar-refractivity contribution in [2.75, 3.05) is 25.0 Å². The zero-order valence-corrected chi connectivity index (χ0v) is 13.3. The van der Waals surface area contributed by atoms with Gasteiger partial charge >= 0.3 is 12.2 Å². The summed E-state index contributed by atoms with van der Waals surface area (Å²) in [7, 11) is 0. The number of alkyl halides is 3. The summed E-state index contributed by atoms with van der Waals surface area (Å²) in [6, 6.07) is -0.513. The lowest BCUT2D eigenvalue weighted by molar-refractivity contribution is -0.183. The molecule has 134 valence electrons. The molecule has 24 heavy (non-hydrogen) atoms. The van der Waals surface area contributed by atoms with Gasteiger partial charge in [-0.1, -0.05) is 0 Å². The SMILES string of the molecule is O=C(Nc1cnn(C[C@@H]2CCCO2)c1)N1CCC[C@H](C(F)(F)F)C1. The zero-order chi connectivity index (χ0) is 17.2. The topological polar surface area (TPSA) is 59.4 Å². The van der Waals surface area contributed by atoms with Gasteiger partial charge in [-0.3, -0.25) is 4.68 Å². The van der Waals surface area contributed by atoms with E-state index in [0.29, 0.717) is 25.2 Å². The lowest BCUT2D eigenvalue weighted by Crippen LogP contribution is -2.46. The van der Waals surface area contributed by atoms with Gasteiger partial charge in [-0.15, -0.1) is 0 Å². The molecule has 0 aliphatic carbocycles. The van der Waals surface area contributed by atoms with Crippen molar-refractivity contribution in [1.29, 1.82) is 0 Å². The molecular formula is C15H21F3N4O2. The highest BCUT2D eigenvalue weighted by Crippen LogP contribution is 2.33. The molecule has 2 fully saturated rings. The highest BCUT2D eigenvalue weighted by atomic mass is 19.4. The lowest BCUT2D eigenvalue weighted by atomic mass is 9.98. The number of nitrogens with zero attached hydrogens (tertiary/aromatic N) is 3. The number of carbonyl (C=O) groups excluding carboxylic acids is 1. The van der Waals surface area contributed by atoms with Crippen LogP contribution in [0, 0.1) is 5.92 Å². The van der Waals surface area contributed by atoms with Gasteiger partial charge in [0, 0.05) is 25.9 Å². The van der Waals surface area contributed by atoms with Crippen LogP contribution in [0.4, 0.5) is 23.7 Å². The molecule has 0 bridgehead atoms. The lowest BCUT2D eigenvalue weighted by Gasteiger charge is -2.33. The smallest absolute Gasteiger partial charge is 0.376 e. The van der Waals surface area contributed by atoms with Gasteiger partial charge in [0.25, 0.3) is 0 Å². The van der Waals surface area contributed by atoms with Gasteiger partial charge in [-0.05, 0) is 25.7 Å². The summed E-state index contributed by atoms with van der Waals surface area (Å²) in [6.07, 6.45) is 1.48. The number of urea groups is 1. The Morgan fingerprint density at radius 2 is 2.21 bits per heavy atom. The number of piperidine rings is 1. The van der Waals surface area contributed by atoms with Crippen molar-refractivity contribution in [3.63, 3.8) is 0 Å². The molecule has 1 N–H and O–H groups in total. The van der Waals surface area contributed by atoms with Crippen molar-refractivity contribution in [2.24, 2.45) is 5.92 Å². The van der Waals surface area contributed by atoms with Crippen LogP contribution in [0.25, 0.3) is 0 Å². The molecule has 0 aromatic carbocycles. The Morgan fingerprint density at radius 1 is 1.38 bits per heavy atom. The molecule has 1 aromatic rings. The van der Waals surface area contributed by atoms with Crippen LogP contribution < -0.4 is 5.32 Å². The van der Waals surface area contributed by atoms with Crippen LogP contribution in [-0.2, 0) is 11.3 Å². The third-order valence-electron chi connectivity index (χ3n) is 4.47. The minimum atomic E-state index is -4.26. The van der Waals surface area contributed by atoms with Gasteiger partial charge in [0.05, 0.1) is 30.5 Å². The van der Waals surface area contributed by atoms with E-state index in [2.05, 4.69) is 10.4 Å². The predicted molar refractivity (Wildman–Crippen MR) is 80.6 cm³/mol. The number of hydrogen-bond donors (Lipinski definition) is 1. The van der Waals surface area contributed by atoms with Crippen molar-refractivity contribution in [2.45, 2.75) is 44.5 Å². The molecule has 2 amide bonds. The maximum absolute atomic E-state index is 12.8. The van der Waals surface area contributed by atoms with Crippen LogP contribution in [0.15, 0.2) is 12.4 Å². The fraction of sp³-hybridized carbons (Fsp3) is 0.733. The molecule has 9 heteroatoms. The number of ether oxygens (including phenoxy) is 1. The van der Waals surface area contributed by atoms with E-state index < -0.39 is 18.1 Å². The number of aromatic nitrogens is 2. The normalized spacial score (nSPS) is 25.0. The van der Waals surface area contributed by atoms with E-state index in [1.165, 1.54) is 11.1 Å². The molecule has 2 aliphatic rings. The largest absolute Gasteiger partial charge is 0.393 e. The Morgan fingerprint density at radius 3 is 2.92 bits per heavy atom. The Balaban J connectivity index is 1.53. The first-order valence-corrected chi connectivity index (χ1v) is 8.18. The average Bonchev–Trinajstić information content (AvgIpc) is 3.19. The molecule has 2 aliphatic heterocycles. The summed E-state index contributed by atoms with van der Waals surface area (Å²) in [4.78, 5) is 13.4. The van der Waals surface area contributed by atoms with E-state index >= 15 is 0 Å². The second-order valence-corrected chi connectivity index (χ2v) is 6.34. The fourth-order valence-corrected chi connectivity index (χ4v) is 3.16. The number of nitrogens with one attached hydrogen (secondary N) is 1. The van der Waals surface area contributed by atoms with E-state index in [4.69, 9.17) is 4.74 Å². The molecule has 6 nitrogen and oxygen atoms in total. The molecule has 0 saturated carbocycles. The molecule has 3 rings (SSSR count). The summed E-state index contributed by atoms with van der Waals surface area (Å²) in [5.74, 6) is -1.45. The third kappa shape index (κ3) is 4.19. The van der Waals surface area contributed by atoms with E-state index in [1.54, 1.807) is 10.9 Å². The van der Waals surface area contributed by atoms with Crippen LogP contribution in [-0.4, -0.2) is 52.7 Å². The highest BCUT2D eigenvalue weighted by Gasteiger charge is 2.42. The molecule has 0 unspecified atom stereocenters. The standard InChI is InChI=1S/C15H21F3N4O2/c16-15(17,18)11-3-1-5-21(8-11)14(23)20-12-7-19-22(9-12)10-13-4-2-6-24-13/h7,9,11,13H,1-6,8,10H2,(H,20,23)/t11-,13-/m0/s1. The maximum atomic E-state index is 12.8. The van der Waals surface area contributed by atoms with Crippen LogP contribution >= 0.6 is 0 Å². The van der Waals surface area contributed by atoms with Crippen LogP contribution in [0.5, 0.6) is 0 Å². The Bertz CT molecular complexity index is 569. The minimum Gasteiger partial charge on any atom is -0.376 e. The fourth-order valence-electron chi connectivity index (χ4n) is 3.16. The summed E-state index contributed by atoms with van der Waals surface area (Å²) >= 11 is 0. The molecule has 0 radical (unpaired) electrons. The van der Waals surface area contributed by atoms with Crippen LogP contribution in [0.2, 0.25) is 0 Å². The molecule has 2 atom stereocenters. The number of anilines is 1. The summed E-state index contributed by atoms with van der Waals surface area (Å²) < 4.78 is 45.7. The van der Waals surface area contributed by atoms with Crippen LogP contribution in [0.1, 0.15) is 25.7 Å². The van der Waals surface area contributed by atoms with Gasteiger partial charge in [-0.2, -0.15) is 18.3 Å². The van der Waals surface area contributed by atoms with Gasteiger partial charge in [0.2, 0.25) is 0 Å². The van der Waals surface area contributed by atoms with E-state index in [1.807, 2.05) is 0 Å². The van der Waals surface area contributed by atoms with E-state index in [9.17, 15) is 18.0 Å². The van der Waals surface area contributed by atoms with Crippen molar-refractivity contribution in [3.05, 3.63) is 12.4 Å². The predicted octanol–water partition coefficient (Wildman–Crippen LogP) is 2.87. The number of hydrogen-bond acceptors (Lipinski definition) is 3. The minimum absolute atomic E-state index is 0.0760. The van der Waals surface area contributed by atoms with Gasteiger partial charge in [-0.25, -0.2) is 4.79 Å². The van der Waals surface area contributed by atoms with Crippen molar-refractivity contribution >= 4 is 11.7 Å². The number of rotatable bonds is 3. The molecule has 0 spiro atoms. The Kier molecular flexibility index (Phi) is 4.98. The first-order valence-electron chi connectivity index (χ1n) is 8.18. The Hall–Kier alpha value is -1.77. The number of halogens is 3. The third-order valence-corrected chi connectivity index (χ3v) is 4.47. The number of amides is 2. The molecular weight excluding hydrogens is 325 g/mol. The van der Waals surface area contributed by atoms with Crippen LogP contribution in [0.3, 0.4) is 0 Å². The van der Waals surface area contributed by atoms with Crippen molar-refractivity contribution < 1.29 is 22.7 Å². The van der Waals surface area contributed by atoms with Crippen molar-refractivity contribution in [3.8, 4) is 0 Å². The zero-order valence-electron chi connectivity index (χ0n) is 13.3. The first kappa shape index (κ1) is 17.1.